The highest BCUT2D eigenvalue weighted by Gasteiger charge is 2.45. The highest BCUT2D eigenvalue weighted by atomic mass is 19.3. The first-order chi connectivity index (χ1) is 15.2. The predicted octanol–water partition coefficient (Wildman–Crippen LogP) is 4.35. The van der Waals surface area contributed by atoms with Gasteiger partial charge < -0.3 is 14.2 Å². The number of benzene rings is 2. The molecule has 7 nitrogen and oxygen atoms in total. The molecule has 32 heavy (non-hydrogen) atoms. The van der Waals surface area contributed by atoms with Gasteiger partial charge >= 0.3 is 24.5 Å². The van der Waals surface area contributed by atoms with Crippen molar-refractivity contribution in [2.45, 2.75) is 12.5 Å². The third-order valence-corrected chi connectivity index (χ3v) is 4.30. The molecule has 0 saturated heterocycles. The Morgan fingerprint density at radius 2 is 1.53 bits per heavy atom. The molecular formula is C21H16F4N2O5. The molecule has 2 aromatic carbocycles. The first-order valence-electron chi connectivity index (χ1n) is 9.00. The van der Waals surface area contributed by atoms with Crippen LogP contribution in [-0.4, -0.2) is 48.5 Å². The monoisotopic (exact) mass is 452 g/mol. The summed E-state index contributed by atoms with van der Waals surface area (Å²) in [5.41, 5.74) is -0.981. The average Bonchev–Trinajstić information content (AvgIpc) is 3.19. The van der Waals surface area contributed by atoms with Crippen molar-refractivity contribution in [2.24, 2.45) is 0 Å². The lowest BCUT2D eigenvalue weighted by Crippen LogP contribution is -2.33. The zero-order chi connectivity index (χ0) is 23.5. The van der Waals surface area contributed by atoms with Crippen molar-refractivity contribution in [1.82, 2.24) is 9.78 Å². The van der Waals surface area contributed by atoms with Crippen LogP contribution >= 0.6 is 0 Å². The summed E-state index contributed by atoms with van der Waals surface area (Å²) in [5.74, 6) is -2.68. The van der Waals surface area contributed by atoms with Crippen LogP contribution < -0.4 is 4.74 Å². The summed E-state index contributed by atoms with van der Waals surface area (Å²) in [4.78, 5) is 25.2. The first kappa shape index (κ1) is 22.8. The number of ether oxygens (including phenoxy) is 3. The number of alkyl halides is 4. The van der Waals surface area contributed by atoms with Gasteiger partial charge in [0.2, 0.25) is 0 Å². The molecule has 11 heteroatoms. The minimum absolute atomic E-state index is 0.243. The number of rotatable bonds is 7. The van der Waals surface area contributed by atoms with Gasteiger partial charge in [-0.15, -0.1) is 0 Å². The second kappa shape index (κ2) is 9.08. The Morgan fingerprint density at radius 3 is 2.12 bits per heavy atom. The predicted molar refractivity (Wildman–Crippen MR) is 103 cm³/mol. The Bertz CT molecular complexity index is 1130. The number of carbonyl (C=O) groups is 2. The van der Waals surface area contributed by atoms with Crippen molar-refractivity contribution in [2.75, 3.05) is 14.2 Å². The summed E-state index contributed by atoms with van der Waals surface area (Å²) in [6, 6.07) is 13.0. The fourth-order valence-corrected chi connectivity index (χ4v) is 2.89. The Kier molecular flexibility index (Phi) is 6.47. The molecule has 0 amide bonds. The summed E-state index contributed by atoms with van der Waals surface area (Å²) in [5, 5.41) is 4.23. The molecule has 0 saturated carbocycles. The van der Waals surface area contributed by atoms with Crippen molar-refractivity contribution >= 4 is 11.9 Å². The molecule has 0 aliphatic heterocycles. The molecular weight excluding hydrogens is 436 g/mol. The molecule has 1 aromatic heterocycles. The minimum atomic E-state index is -4.81. The van der Waals surface area contributed by atoms with E-state index >= 15 is 0 Å². The van der Waals surface area contributed by atoms with Gasteiger partial charge in [-0.2, -0.15) is 22.7 Å². The van der Waals surface area contributed by atoms with Crippen molar-refractivity contribution in [3.05, 3.63) is 65.9 Å². The maximum Gasteiger partial charge on any atom is 0.461 e. The second-order valence-electron chi connectivity index (χ2n) is 6.26. The topological polar surface area (TPSA) is 79.7 Å². The van der Waals surface area contributed by atoms with Crippen LogP contribution in [-0.2, 0) is 9.47 Å². The Hall–Kier alpha value is -3.89. The van der Waals surface area contributed by atoms with Gasteiger partial charge in [-0.1, -0.05) is 30.3 Å². The van der Waals surface area contributed by atoms with E-state index < -0.39 is 35.8 Å². The zero-order valence-electron chi connectivity index (χ0n) is 16.7. The molecule has 0 aliphatic carbocycles. The lowest BCUT2D eigenvalue weighted by molar-refractivity contribution is -0.253. The van der Waals surface area contributed by atoms with Gasteiger partial charge in [0.15, 0.2) is 5.69 Å². The number of aromatic nitrogens is 2. The maximum absolute atomic E-state index is 13.6. The SMILES string of the molecule is COC(=O)c1c(-c2ccccc2OC(F)(F)C(F)F)nn(-c2ccccc2)c1C(=O)OC. The zero-order valence-corrected chi connectivity index (χ0v) is 16.7. The molecule has 0 N–H and O–H groups in total. The molecule has 0 fully saturated rings. The van der Waals surface area contributed by atoms with Crippen LogP contribution in [0.25, 0.3) is 16.9 Å². The Labute approximate surface area is 179 Å². The van der Waals surface area contributed by atoms with Gasteiger partial charge in [0.25, 0.3) is 0 Å². The van der Waals surface area contributed by atoms with Crippen LogP contribution in [0.4, 0.5) is 17.6 Å². The number of para-hydroxylation sites is 2. The molecule has 168 valence electrons. The van der Waals surface area contributed by atoms with E-state index in [-0.39, 0.29) is 17.0 Å². The Morgan fingerprint density at radius 1 is 0.938 bits per heavy atom. The summed E-state index contributed by atoms with van der Waals surface area (Å²) in [6.07, 6.45) is -8.92. The van der Waals surface area contributed by atoms with Crippen molar-refractivity contribution < 1.29 is 41.4 Å². The normalized spacial score (nSPS) is 11.3. The van der Waals surface area contributed by atoms with E-state index in [2.05, 4.69) is 9.84 Å². The van der Waals surface area contributed by atoms with Crippen molar-refractivity contribution in [3.63, 3.8) is 0 Å². The Balaban J connectivity index is 2.32. The van der Waals surface area contributed by atoms with Gasteiger partial charge in [0, 0.05) is 5.56 Å². The number of nitrogens with zero attached hydrogens (tertiary/aromatic N) is 2. The van der Waals surface area contributed by atoms with Gasteiger partial charge in [-0.3, -0.25) is 0 Å². The molecule has 3 rings (SSSR count). The lowest BCUT2D eigenvalue weighted by Gasteiger charge is -2.18. The summed E-state index contributed by atoms with van der Waals surface area (Å²) < 4.78 is 67.5. The third kappa shape index (κ3) is 4.27. The quantitative estimate of drug-likeness (QED) is 0.392. The van der Waals surface area contributed by atoms with Crippen LogP contribution in [0.2, 0.25) is 0 Å². The summed E-state index contributed by atoms with van der Waals surface area (Å²) in [6.45, 7) is 0. The van der Waals surface area contributed by atoms with E-state index in [0.717, 1.165) is 25.0 Å². The molecule has 0 bridgehead atoms. The third-order valence-electron chi connectivity index (χ3n) is 4.30. The van der Waals surface area contributed by atoms with Crippen molar-refractivity contribution in [1.29, 1.82) is 0 Å². The van der Waals surface area contributed by atoms with E-state index in [9.17, 15) is 27.2 Å². The van der Waals surface area contributed by atoms with Gasteiger partial charge in [0.1, 0.15) is 17.0 Å². The van der Waals surface area contributed by atoms with Crippen LogP contribution in [0.3, 0.4) is 0 Å². The molecule has 3 aromatic rings. The number of methoxy groups -OCH3 is 2. The summed E-state index contributed by atoms with van der Waals surface area (Å²) >= 11 is 0. The van der Waals surface area contributed by atoms with Crippen LogP contribution in [0.5, 0.6) is 5.75 Å². The van der Waals surface area contributed by atoms with E-state index in [1.807, 2.05) is 0 Å². The molecule has 0 aliphatic rings. The molecule has 0 spiro atoms. The smallest absolute Gasteiger partial charge is 0.461 e. The van der Waals surface area contributed by atoms with Crippen molar-refractivity contribution in [3.8, 4) is 22.7 Å². The van der Waals surface area contributed by atoms with E-state index in [4.69, 9.17) is 9.47 Å². The number of carbonyl (C=O) groups excluding carboxylic acids is 2. The molecule has 0 atom stereocenters. The summed E-state index contributed by atoms with van der Waals surface area (Å²) in [7, 11) is 2.12. The van der Waals surface area contributed by atoms with Crippen LogP contribution in [0.1, 0.15) is 20.8 Å². The largest absolute Gasteiger partial charge is 0.465 e. The number of hydrogen-bond acceptors (Lipinski definition) is 6. The minimum Gasteiger partial charge on any atom is -0.465 e. The lowest BCUT2D eigenvalue weighted by atomic mass is 10.0. The highest BCUT2D eigenvalue weighted by molar-refractivity contribution is 6.07. The van der Waals surface area contributed by atoms with Gasteiger partial charge in [0.05, 0.1) is 19.9 Å². The number of halogens is 4. The van der Waals surface area contributed by atoms with Gasteiger partial charge in [-0.05, 0) is 24.3 Å². The van der Waals surface area contributed by atoms with Crippen LogP contribution in [0.15, 0.2) is 54.6 Å². The number of hydrogen-bond donors (Lipinski definition) is 0. The number of esters is 2. The first-order valence-corrected chi connectivity index (χ1v) is 9.00. The van der Waals surface area contributed by atoms with Gasteiger partial charge in [-0.25, -0.2) is 14.3 Å². The standard InChI is InChI=1S/C21H16F4N2O5/c1-30-18(28)15-16(13-10-6-7-11-14(13)32-21(24,25)20(22)23)26-27(17(15)19(29)31-2)12-8-4-3-5-9-12/h3-11,20H,1-2H3. The molecule has 0 radical (unpaired) electrons. The fraction of sp³-hybridized carbons (Fsp3) is 0.190. The van der Waals surface area contributed by atoms with E-state index in [1.165, 1.54) is 18.2 Å². The van der Waals surface area contributed by atoms with E-state index in [1.54, 1.807) is 30.3 Å². The second-order valence-corrected chi connectivity index (χ2v) is 6.26. The fourth-order valence-electron chi connectivity index (χ4n) is 2.89. The maximum atomic E-state index is 13.6. The van der Waals surface area contributed by atoms with Crippen LogP contribution in [0, 0.1) is 0 Å². The molecule has 1 heterocycles. The average molecular weight is 452 g/mol. The molecule has 0 unspecified atom stereocenters. The van der Waals surface area contributed by atoms with E-state index in [0.29, 0.717) is 5.69 Å². The highest BCUT2D eigenvalue weighted by Crippen LogP contribution is 2.38.